The second kappa shape index (κ2) is 4.95. The van der Waals surface area contributed by atoms with Crippen LogP contribution in [0.2, 0.25) is 5.02 Å². The van der Waals surface area contributed by atoms with Gasteiger partial charge in [-0.25, -0.2) is 4.98 Å². The number of nitrogens with zero attached hydrogens (tertiary/aromatic N) is 1. The summed E-state index contributed by atoms with van der Waals surface area (Å²) < 4.78 is 0. The van der Waals surface area contributed by atoms with Crippen LogP contribution < -0.4 is 5.73 Å². The molecule has 0 bridgehead atoms. The lowest BCUT2D eigenvalue weighted by molar-refractivity contribution is 0.718. The molecule has 2 N–H and O–H groups in total. The van der Waals surface area contributed by atoms with E-state index in [-0.39, 0.29) is 6.04 Å². The molecule has 1 atom stereocenters. The van der Waals surface area contributed by atoms with Gasteiger partial charge in [0, 0.05) is 29.1 Å². The first-order valence-electron chi connectivity index (χ1n) is 5.07. The zero-order valence-corrected chi connectivity index (χ0v) is 10.6. The quantitative estimate of drug-likeness (QED) is 0.910. The predicted molar refractivity (Wildman–Crippen MR) is 68.9 cm³/mol. The minimum absolute atomic E-state index is 0.0377. The van der Waals surface area contributed by atoms with Crippen LogP contribution in [0.4, 0.5) is 0 Å². The maximum atomic E-state index is 6.11. The zero-order chi connectivity index (χ0) is 11.5. The maximum absolute atomic E-state index is 6.11. The molecule has 2 rings (SSSR count). The van der Waals surface area contributed by atoms with Gasteiger partial charge in [-0.15, -0.1) is 11.3 Å². The van der Waals surface area contributed by atoms with Crippen molar-refractivity contribution in [3.05, 3.63) is 50.9 Å². The molecule has 0 aliphatic heterocycles. The van der Waals surface area contributed by atoms with E-state index < -0.39 is 0 Å². The molecule has 2 nitrogen and oxygen atoms in total. The molecule has 0 saturated heterocycles. The van der Waals surface area contributed by atoms with E-state index >= 15 is 0 Å². The summed E-state index contributed by atoms with van der Waals surface area (Å²) in [6.07, 6.45) is 2.56. The van der Waals surface area contributed by atoms with Gasteiger partial charge in [-0.2, -0.15) is 0 Å². The van der Waals surface area contributed by atoms with Gasteiger partial charge in [-0.1, -0.05) is 23.7 Å². The average molecular weight is 253 g/mol. The molecule has 0 radical (unpaired) electrons. The Labute approximate surface area is 104 Å². The van der Waals surface area contributed by atoms with Crippen LogP contribution in [0, 0.1) is 6.92 Å². The number of rotatable bonds is 3. The van der Waals surface area contributed by atoms with E-state index in [4.69, 9.17) is 17.3 Å². The largest absolute Gasteiger partial charge is 0.324 e. The Kier molecular flexibility index (Phi) is 3.59. The molecule has 84 valence electrons. The summed E-state index contributed by atoms with van der Waals surface area (Å²) >= 11 is 7.70. The van der Waals surface area contributed by atoms with Gasteiger partial charge in [0.25, 0.3) is 0 Å². The highest BCUT2D eigenvalue weighted by atomic mass is 35.5. The van der Waals surface area contributed by atoms with E-state index in [9.17, 15) is 0 Å². The number of thiazole rings is 1. The molecule has 0 spiro atoms. The summed E-state index contributed by atoms with van der Waals surface area (Å²) in [6, 6.07) is 5.93. The predicted octanol–water partition coefficient (Wildman–Crippen LogP) is 3.35. The van der Waals surface area contributed by atoms with E-state index in [1.54, 1.807) is 17.5 Å². The van der Waals surface area contributed by atoms with Gasteiger partial charge in [0.1, 0.15) is 0 Å². The lowest BCUT2D eigenvalue weighted by Crippen LogP contribution is -2.13. The summed E-state index contributed by atoms with van der Waals surface area (Å²) in [4.78, 5) is 4.23. The fourth-order valence-corrected chi connectivity index (χ4v) is 2.36. The standard InChI is InChI=1S/C12H13ClN2S/c1-8-2-3-9(6-10(8)13)11(14)7-12-15-4-5-16-12/h2-6,11H,7,14H2,1H3. The van der Waals surface area contributed by atoms with E-state index in [2.05, 4.69) is 4.98 Å². The molecule has 1 aromatic carbocycles. The monoisotopic (exact) mass is 252 g/mol. The smallest absolute Gasteiger partial charge is 0.0943 e. The summed E-state index contributed by atoms with van der Waals surface area (Å²) in [5, 5.41) is 3.79. The number of aromatic nitrogens is 1. The molecular formula is C12H13ClN2S. The molecule has 0 amide bonds. The van der Waals surface area contributed by atoms with Gasteiger partial charge in [-0.3, -0.25) is 0 Å². The molecule has 1 unspecified atom stereocenters. The van der Waals surface area contributed by atoms with Gasteiger partial charge in [0.2, 0.25) is 0 Å². The summed E-state index contributed by atoms with van der Waals surface area (Å²) in [5.74, 6) is 0. The second-order valence-electron chi connectivity index (χ2n) is 3.75. The van der Waals surface area contributed by atoms with Crippen molar-refractivity contribution in [2.45, 2.75) is 19.4 Å². The number of hydrogen-bond donors (Lipinski definition) is 1. The maximum Gasteiger partial charge on any atom is 0.0943 e. The summed E-state index contributed by atoms with van der Waals surface area (Å²) in [7, 11) is 0. The number of nitrogens with two attached hydrogens (primary N) is 1. The van der Waals surface area contributed by atoms with Crippen LogP contribution in [-0.4, -0.2) is 4.98 Å². The fraction of sp³-hybridized carbons (Fsp3) is 0.250. The van der Waals surface area contributed by atoms with Crippen molar-refractivity contribution < 1.29 is 0 Å². The molecule has 0 fully saturated rings. The van der Waals surface area contributed by atoms with Crippen LogP contribution in [0.5, 0.6) is 0 Å². The molecule has 4 heteroatoms. The number of benzene rings is 1. The van der Waals surface area contributed by atoms with Crippen LogP contribution in [0.15, 0.2) is 29.8 Å². The Morgan fingerprint density at radius 2 is 2.31 bits per heavy atom. The van der Waals surface area contributed by atoms with Crippen molar-refractivity contribution in [1.82, 2.24) is 4.98 Å². The number of aryl methyl sites for hydroxylation is 1. The van der Waals surface area contributed by atoms with Crippen molar-refractivity contribution in [3.8, 4) is 0 Å². The molecule has 0 aliphatic carbocycles. The lowest BCUT2D eigenvalue weighted by atomic mass is 10.0. The molecule has 0 aliphatic rings. The minimum Gasteiger partial charge on any atom is -0.324 e. The highest BCUT2D eigenvalue weighted by Crippen LogP contribution is 2.22. The van der Waals surface area contributed by atoms with Crippen LogP contribution in [0.1, 0.15) is 22.2 Å². The van der Waals surface area contributed by atoms with E-state index in [0.29, 0.717) is 0 Å². The third-order valence-electron chi connectivity index (χ3n) is 2.50. The van der Waals surface area contributed by atoms with Crippen molar-refractivity contribution in [1.29, 1.82) is 0 Å². The topological polar surface area (TPSA) is 38.9 Å². The highest BCUT2D eigenvalue weighted by molar-refractivity contribution is 7.09. The van der Waals surface area contributed by atoms with Gasteiger partial charge >= 0.3 is 0 Å². The minimum atomic E-state index is -0.0377. The summed E-state index contributed by atoms with van der Waals surface area (Å²) in [5.41, 5.74) is 8.25. The normalized spacial score (nSPS) is 12.7. The average Bonchev–Trinajstić information content (AvgIpc) is 2.74. The third kappa shape index (κ3) is 2.61. The van der Waals surface area contributed by atoms with Gasteiger partial charge in [-0.05, 0) is 24.1 Å². The van der Waals surface area contributed by atoms with Crippen molar-refractivity contribution in [3.63, 3.8) is 0 Å². The highest BCUT2D eigenvalue weighted by Gasteiger charge is 2.09. The molecule has 1 aromatic heterocycles. The van der Waals surface area contributed by atoms with Crippen LogP contribution in [-0.2, 0) is 6.42 Å². The third-order valence-corrected chi connectivity index (χ3v) is 3.71. The number of halogens is 1. The molecule has 2 aromatic rings. The lowest BCUT2D eigenvalue weighted by Gasteiger charge is -2.11. The Hall–Kier alpha value is -0.900. The molecule has 16 heavy (non-hydrogen) atoms. The first kappa shape index (κ1) is 11.6. The number of hydrogen-bond acceptors (Lipinski definition) is 3. The fourth-order valence-electron chi connectivity index (χ4n) is 1.50. The van der Waals surface area contributed by atoms with Crippen molar-refractivity contribution in [2.24, 2.45) is 5.73 Å². The second-order valence-corrected chi connectivity index (χ2v) is 5.13. The van der Waals surface area contributed by atoms with E-state index in [1.165, 1.54) is 0 Å². The summed E-state index contributed by atoms with van der Waals surface area (Å²) in [6.45, 7) is 1.98. The first-order chi connectivity index (χ1) is 7.66. The van der Waals surface area contributed by atoms with Gasteiger partial charge in [0.15, 0.2) is 0 Å². The zero-order valence-electron chi connectivity index (χ0n) is 8.98. The van der Waals surface area contributed by atoms with E-state index in [1.807, 2.05) is 30.5 Å². The molecular weight excluding hydrogens is 240 g/mol. The van der Waals surface area contributed by atoms with Crippen LogP contribution in [0.3, 0.4) is 0 Å². The molecule has 0 saturated carbocycles. The van der Waals surface area contributed by atoms with Crippen molar-refractivity contribution in [2.75, 3.05) is 0 Å². The first-order valence-corrected chi connectivity index (χ1v) is 6.32. The van der Waals surface area contributed by atoms with E-state index in [0.717, 1.165) is 27.6 Å². The molecule has 1 heterocycles. The van der Waals surface area contributed by atoms with Crippen LogP contribution in [0.25, 0.3) is 0 Å². The SMILES string of the molecule is Cc1ccc(C(N)Cc2nccs2)cc1Cl. The van der Waals surface area contributed by atoms with Gasteiger partial charge < -0.3 is 5.73 Å². The van der Waals surface area contributed by atoms with Gasteiger partial charge in [0.05, 0.1) is 5.01 Å². The van der Waals surface area contributed by atoms with Crippen LogP contribution >= 0.6 is 22.9 Å². The Morgan fingerprint density at radius 1 is 1.50 bits per heavy atom. The Morgan fingerprint density at radius 3 is 2.94 bits per heavy atom. The Balaban J connectivity index is 2.14. The van der Waals surface area contributed by atoms with Crippen molar-refractivity contribution >= 4 is 22.9 Å². The Bertz CT molecular complexity index is 468.